The molecule has 180 valence electrons. The smallest absolute Gasteiger partial charge is 0.341 e. The molecular formula is C22H23FN4O6S. The van der Waals surface area contributed by atoms with Gasteiger partial charge in [0.1, 0.15) is 17.4 Å². The minimum absolute atomic E-state index is 0.0751. The Bertz CT molecular complexity index is 1250. The number of carboxylic acids is 1. The number of nitrogens with one attached hydrogen (secondary N) is 1. The topological polar surface area (TPSA) is 150 Å². The number of carbonyl (C=O) groups is 2. The number of pyridine rings is 1. The first kappa shape index (κ1) is 24.9. The molecule has 1 aromatic heterocycles. The first-order valence-electron chi connectivity index (χ1n) is 10.5. The summed E-state index contributed by atoms with van der Waals surface area (Å²) in [6.45, 7) is 3.72. The van der Waals surface area contributed by atoms with Crippen LogP contribution in [0.2, 0.25) is 0 Å². The van der Waals surface area contributed by atoms with Gasteiger partial charge in [0.2, 0.25) is 21.8 Å². The zero-order chi connectivity index (χ0) is 25.0. The summed E-state index contributed by atoms with van der Waals surface area (Å²) in [5, 5.41) is 19.3. The Morgan fingerprint density at radius 1 is 1.29 bits per heavy atom. The minimum atomic E-state index is -4.00. The number of halogens is 1. The summed E-state index contributed by atoms with van der Waals surface area (Å²) >= 11 is 0. The van der Waals surface area contributed by atoms with Crippen LogP contribution < -0.4 is 14.4 Å². The van der Waals surface area contributed by atoms with Crippen LogP contribution in [-0.4, -0.2) is 50.1 Å². The Balaban J connectivity index is 1.76. The fourth-order valence-electron chi connectivity index (χ4n) is 3.65. The van der Waals surface area contributed by atoms with Crippen molar-refractivity contribution in [2.75, 3.05) is 24.6 Å². The van der Waals surface area contributed by atoms with E-state index in [0.29, 0.717) is 5.56 Å². The van der Waals surface area contributed by atoms with Crippen LogP contribution in [0.3, 0.4) is 0 Å². The van der Waals surface area contributed by atoms with Crippen LogP contribution in [0.25, 0.3) is 0 Å². The number of amides is 1. The third-order valence-corrected chi connectivity index (χ3v) is 6.51. The number of ether oxygens (including phenoxy) is 1. The van der Waals surface area contributed by atoms with Crippen LogP contribution in [0, 0.1) is 23.1 Å². The Hall–Kier alpha value is -3.72. The molecule has 1 amide bonds. The molecule has 34 heavy (non-hydrogen) atoms. The summed E-state index contributed by atoms with van der Waals surface area (Å²) in [5.74, 6) is -3.56. The van der Waals surface area contributed by atoms with Gasteiger partial charge in [0.15, 0.2) is 5.82 Å². The van der Waals surface area contributed by atoms with Crippen LogP contribution in [-0.2, 0) is 27.0 Å². The average molecular weight is 491 g/mol. The Labute approximate surface area is 196 Å². The number of hydrogen-bond donors (Lipinski definition) is 2. The number of nitriles is 1. The van der Waals surface area contributed by atoms with E-state index in [9.17, 15) is 32.8 Å². The second-order valence-corrected chi connectivity index (χ2v) is 9.35. The largest absolute Gasteiger partial charge is 0.477 e. The van der Waals surface area contributed by atoms with E-state index in [0.717, 1.165) is 12.1 Å². The zero-order valence-electron chi connectivity index (χ0n) is 18.5. The van der Waals surface area contributed by atoms with Gasteiger partial charge in [0, 0.05) is 13.1 Å². The maximum atomic E-state index is 13.0. The lowest BCUT2D eigenvalue weighted by Crippen LogP contribution is -2.55. The van der Waals surface area contributed by atoms with Crippen molar-refractivity contribution < 1.29 is 32.2 Å². The fourth-order valence-corrected chi connectivity index (χ4v) is 4.83. The number of carboxylic acid groups (broad SMARTS) is 1. The van der Waals surface area contributed by atoms with Gasteiger partial charge in [-0.1, -0.05) is 19.1 Å². The quantitative estimate of drug-likeness (QED) is 0.537. The standard InChI is InChI=1S/C22H23FN4O6S/c1-3-16-17(9-24)19(25-21(33-4-2)18(16)22(29)30)27-10-14(11-27)20(28)26-34(31,32)12-13-5-7-15(23)8-6-13/h5-8,14H,3-4,10-12H2,1-2H3,(H,26,28)(H,29,30). The Kier molecular flexibility index (Phi) is 7.36. The van der Waals surface area contributed by atoms with Gasteiger partial charge in [0.05, 0.1) is 23.8 Å². The fraction of sp³-hybridized carbons (Fsp3) is 0.364. The number of rotatable bonds is 9. The van der Waals surface area contributed by atoms with Crippen molar-refractivity contribution in [3.63, 3.8) is 0 Å². The lowest BCUT2D eigenvalue weighted by atomic mass is 9.96. The van der Waals surface area contributed by atoms with Crippen molar-refractivity contribution in [3.05, 3.63) is 52.3 Å². The van der Waals surface area contributed by atoms with Gasteiger partial charge in [-0.05, 0) is 36.6 Å². The van der Waals surface area contributed by atoms with E-state index in [1.165, 1.54) is 12.1 Å². The minimum Gasteiger partial charge on any atom is -0.477 e. The number of benzene rings is 1. The molecule has 0 spiro atoms. The van der Waals surface area contributed by atoms with Crippen molar-refractivity contribution >= 4 is 27.7 Å². The molecular weight excluding hydrogens is 467 g/mol. The molecule has 2 N–H and O–H groups in total. The molecule has 0 saturated carbocycles. The summed E-state index contributed by atoms with van der Waals surface area (Å²) in [4.78, 5) is 30.1. The second-order valence-electron chi connectivity index (χ2n) is 7.63. The van der Waals surface area contributed by atoms with E-state index in [1.54, 1.807) is 18.7 Å². The highest BCUT2D eigenvalue weighted by Gasteiger charge is 2.38. The normalized spacial score (nSPS) is 13.6. The highest BCUT2D eigenvalue weighted by molar-refractivity contribution is 7.89. The first-order chi connectivity index (χ1) is 16.1. The number of aromatic nitrogens is 1. The molecule has 1 aromatic carbocycles. The number of aromatic carboxylic acids is 1. The molecule has 1 saturated heterocycles. The maximum absolute atomic E-state index is 13.0. The average Bonchev–Trinajstić information content (AvgIpc) is 2.73. The van der Waals surface area contributed by atoms with Gasteiger partial charge in [-0.15, -0.1) is 0 Å². The second kappa shape index (κ2) is 10.0. The number of anilines is 1. The predicted molar refractivity (Wildman–Crippen MR) is 119 cm³/mol. The molecule has 1 aliphatic rings. The van der Waals surface area contributed by atoms with E-state index in [-0.39, 0.29) is 54.5 Å². The maximum Gasteiger partial charge on any atom is 0.341 e. The van der Waals surface area contributed by atoms with Gasteiger partial charge >= 0.3 is 5.97 Å². The Morgan fingerprint density at radius 2 is 1.94 bits per heavy atom. The van der Waals surface area contributed by atoms with Crippen molar-refractivity contribution in [3.8, 4) is 11.9 Å². The lowest BCUT2D eigenvalue weighted by Gasteiger charge is -2.39. The Morgan fingerprint density at radius 3 is 2.47 bits per heavy atom. The number of sulfonamides is 1. The molecule has 12 heteroatoms. The van der Waals surface area contributed by atoms with E-state index in [2.05, 4.69) is 4.98 Å². The highest BCUT2D eigenvalue weighted by Crippen LogP contribution is 2.34. The van der Waals surface area contributed by atoms with Gasteiger partial charge < -0.3 is 14.7 Å². The lowest BCUT2D eigenvalue weighted by molar-refractivity contribution is -0.123. The number of hydrogen-bond acceptors (Lipinski definition) is 8. The summed E-state index contributed by atoms with van der Waals surface area (Å²) < 4.78 is 45.1. The van der Waals surface area contributed by atoms with Crippen molar-refractivity contribution in [1.29, 1.82) is 5.26 Å². The molecule has 1 fully saturated rings. The van der Waals surface area contributed by atoms with Crippen molar-refractivity contribution in [2.24, 2.45) is 5.92 Å². The summed E-state index contributed by atoms with van der Waals surface area (Å²) in [7, 11) is -4.00. The van der Waals surface area contributed by atoms with Gasteiger partial charge in [-0.2, -0.15) is 10.2 Å². The van der Waals surface area contributed by atoms with Crippen molar-refractivity contribution in [1.82, 2.24) is 9.71 Å². The van der Waals surface area contributed by atoms with E-state index in [1.807, 2.05) is 10.8 Å². The monoisotopic (exact) mass is 490 g/mol. The predicted octanol–water partition coefficient (Wildman–Crippen LogP) is 1.83. The van der Waals surface area contributed by atoms with Crippen LogP contribution >= 0.6 is 0 Å². The highest BCUT2D eigenvalue weighted by atomic mass is 32.2. The molecule has 10 nitrogen and oxygen atoms in total. The number of nitrogens with zero attached hydrogens (tertiary/aromatic N) is 3. The van der Waals surface area contributed by atoms with E-state index >= 15 is 0 Å². The van der Waals surface area contributed by atoms with Gasteiger partial charge in [-0.25, -0.2) is 17.6 Å². The van der Waals surface area contributed by atoms with Crippen LogP contribution in [0.4, 0.5) is 10.2 Å². The zero-order valence-corrected chi connectivity index (χ0v) is 19.4. The van der Waals surface area contributed by atoms with Crippen molar-refractivity contribution in [2.45, 2.75) is 26.0 Å². The molecule has 1 aliphatic heterocycles. The van der Waals surface area contributed by atoms with Crippen LogP contribution in [0.1, 0.15) is 40.9 Å². The molecule has 2 aromatic rings. The van der Waals surface area contributed by atoms with E-state index in [4.69, 9.17) is 4.74 Å². The first-order valence-corrected chi connectivity index (χ1v) is 12.1. The van der Waals surface area contributed by atoms with Crippen LogP contribution in [0.15, 0.2) is 24.3 Å². The summed E-state index contributed by atoms with van der Waals surface area (Å²) in [6, 6.07) is 6.90. The third kappa shape index (κ3) is 5.26. The summed E-state index contributed by atoms with van der Waals surface area (Å²) in [6.07, 6.45) is 0.250. The molecule has 0 radical (unpaired) electrons. The molecule has 0 unspecified atom stereocenters. The van der Waals surface area contributed by atoms with Crippen LogP contribution in [0.5, 0.6) is 5.88 Å². The molecule has 0 aliphatic carbocycles. The molecule has 0 atom stereocenters. The van der Waals surface area contributed by atoms with Gasteiger partial charge in [0.25, 0.3) is 0 Å². The molecule has 3 rings (SSSR count). The SMILES string of the molecule is CCOc1nc(N2CC(C(=O)NS(=O)(=O)Cc3ccc(F)cc3)C2)c(C#N)c(CC)c1C(=O)O. The number of carbonyl (C=O) groups excluding carboxylic acids is 1. The molecule has 0 bridgehead atoms. The summed E-state index contributed by atoms with van der Waals surface area (Å²) in [5.41, 5.74) is 0.504. The third-order valence-electron chi connectivity index (χ3n) is 5.29. The van der Waals surface area contributed by atoms with Gasteiger partial charge in [-0.3, -0.25) is 9.52 Å². The van der Waals surface area contributed by atoms with E-state index < -0.39 is 39.4 Å². The molecule has 2 heterocycles.